The molecule has 1 aromatic heterocycles. The number of rotatable bonds is 3. The number of ether oxygens (including phenoxy) is 1. The zero-order chi connectivity index (χ0) is 16.6. The average Bonchev–Trinajstić information content (AvgIpc) is 3.16. The first kappa shape index (κ1) is 15.7. The molecule has 0 bridgehead atoms. The molecule has 0 amide bonds. The van der Waals surface area contributed by atoms with Gasteiger partial charge in [0.15, 0.2) is 0 Å². The Balaban J connectivity index is 2.05. The third-order valence-corrected chi connectivity index (χ3v) is 5.15. The van der Waals surface area contributed by atoms with Gasteiger partial charge in [-0.2, -0.15) is 5.10 Å². The van der Waals surface area contributed by atoms with E-state index >= 15 is 0 Å². The molecule has 0 radical (unpaired) electrons. The van der Waals surface area contributed by atoms with Gasteiger partial charge in [0.05, 0.1) is 12.5 Å². The van der Waals surface area contributed by atoms with Crippen LogP contribution >= 0.6 is 0 Å². The van der Waals surface area contributed by atoms with Gasteiger partial charge in [0.1, 0.15) is 5.82 Å². The SMILES string of the molecule is COC(=O)[C@@]1(c2cccc(F)c2C)CCC(c2ccnn2C)C1. The summed E-state index contributed by atoms with van der Waals surface area (Å²) in [7, 11) is 3.30. The molecule has 0 saturated heterocycles. The monoisotopic (exact) mass is 316 g/mol. The number of benzene rings is 1. The summed E-state index contributed by atoms with van der Waals surface area (Å²) in [5.74, 6) is -0.352. The molecule has 1 unspecified atom stereocenters. The third-order valence-electron chi connectivity index (χ3n) is 5.15. The van der Waals surface area contributed by atoms with Crippen molar-refractivity contribution in [3.8, 4) is 0 Å². The van der Waals surface area contributed by atoms with Crippen LogP contribution in [0.4, 0.5) is 4.39 Å². The van der Waals surface area contributed by atoms with E-state index in [0.29, 0.717) is 18.4 Å². The number of hydrogen-bond donors (Lipinski definition) is 0. The average molecular weight is 316 g/mol. The molecule has 1 saturated carbocycles. The molecule has 23 heavy (non-hydrogen) atoms. The molecular formula is C18H21FN2O2. The van der Waals surface area contributed by atoms with Crippen LogP contribution in [0.3, 0.4) is 0 Å². The van der Waals surface area contributed by atoms with Crippen LogP contribution in [-0.4, -0.2) is 22.9 Å². The highest BCUT2D eigenvalue weighted by molar-refractivity contribution is 5.84. The number of carbonyl (C=O) groups is 1. The fourth-order valence-electron chi connectivity index (χ4n) is 3.94. The highest BCUT2D eigenvalue weighted by Gasteiger charge is 2.49. The predicted octanol–water partition coefficient (Wildman–Crippen LogP) is 3.25. The van der Waals surface area contributed by atoms with Gasteiger partial charge in [-0.25, -0.2) is 4.39 Å². The van der Waals surface area contributed by atoms with E-state index < -0.39 is 5.41 Å². The van der Waals surface area contributed by atoms with Gasteiger partial charge in [0, 0.05) is 24.9 Å². The second kappa shape index (κ2) is 5.80. The quantitative estimate of drug-likeness (QED) is 0.817. The zero-order valence-corrected chi connectivity index (χ0v) is 13.7. The maximum absolute atomic E-state index is 14.0. The van der Waals surface area contributed by atoms with E-state index in [2.05, 4.69) is 5.10 Å². The lowest BCUT2D eigenvalue weighted by Crippen LogP contribution is -2.35. The maximum atomic E-state index is 14.0. The molecule has 1 aliphatic rings. The fraction of sp³-hybridized carbons (Fsp3) is 0.444. The van der Waals surface area contributed by atoms with E-state index in [1.54, 1.807) is 19.2 Å². The molecule has 1 aromatic carbocycles. The number of esters is 1. The summed E-state index contributed by atoms with van der Waals surface area (Å²) in [5.41, 5.74) is 1.60. The van der Waals surface area contributed by atoms with Gasteiger partial charge in [0.25, 0.3) is 0 Å². The normalized spacial score (nSPS) is 23.9. The first-order valence-electron chi connectivity index (χ1n) is 7.81. The summed E-state index contributed by atoms with van der Waals surface area (Å²) >= 11 is 0. The molecule has 3 rings (SSSR count). The first-order chi connectivity index (χ1) is 11.0. The Labute approximate surface area is 135 Å². The number of aryl methyl sites for hydroxylation is 1. The van der Waals surface area contributed by atoms with Crippen molar-refractivity contribution in [2.24, 2.45) is 7.05 Å². The van der Waals surface area contributed by atoms with Crippen molar-refractivity contribution in [2.75, 3.05) is 7.11 Å². The maximum Gasteiger partial charge on any atom is 0.316 e. The van der Waals surface area contributed by atoms with E-state index in [1.165, 1.54) is 13.2 Å². The van der Waals surface area contributed by atoms with Crippen molar-refractivity contribution >= 4 is 5.97 Å². The van der Waals surface area contributed by atoms with E-state index in [-0.39, 0.29) is 17.7 Å². The number of aromatic nitrogens is 2. The lowest BCUT2D eigenvalue weighted by molar-refractivity contribution is -0.147. The smallest absolute Gasteiger partial charge is 0.316 e. The van der Waals surface area contributed by atoms with Crippen molar-refractivity contribution in [3.05, 3.63) is 53.1 Å². The molecule has 0 spiro atoms. The Morgan fingerprint density at radius 1 is 1.43 bits per heavy atom. The van der Waals surface area contributed by atoms with Crippen LogP contribution in [0.5, 0.6) is 0 Å². The molecule has 1 fully saturated rings. The van der Waals surface area contributed by atoms with Gasteiger partial charge in [0.2, 0.25) is 0 Å². The molecular weight excluding hydrogens is 295 g/mol. The summed E-state index contributed by atoms with van der Waals surface area (Å²) in [6.45, 7) is 1.73. The van der Waals surface area contributed by atoms with Crippen LogP contribution in [0, 0.1) is 12.7 Å². The number of nitrogens with zero attached hydrogens (tertiary/aromatic N) is 2. The van der Waals surface area contributed by atoms with Gasteiger partial charge in [-0.05, 0) is 49.4 Å². The molecule has 1 aliphatic carbocycles. The van der Waals surface area contributed by atoms with E-state index in [9.17, 15) is 9.18 Å². The van der Waals surface area contributed by atoms with Crippen LogP contribution in [-0.2, 0) is 22.0 Å². The number of hydrogen-bond acceptors (Lipinski definition) is 3. The summed E-state index contributed by atoms with van der Waals surface area (Å²) in [6, 6.07) is 6.93. The Hall–Kier alpha value is -2.17. The lowest BCUT2D eigenvalue weighted by atomic mass is 9.76. The van der Waals surface area contributed by atoms with Crippen LogP contribution < -0.4 is 0 Å². The van der Waals surface area contributed by atoms with Crippen molar-refractivity contribution < 1.29 is 13.9 Å². The van der Waals surface area contributed by atoms with Gasteiger partial charge < -0.3 is 4.74 Å². The summed E-state index contributed by atoms with van der Waals surface area (Å²) < 4.78 is 21.0. The minimum absolute atomic E-state index is 0.212. The highest BCUT2D eigenvalue weighted by atomic mass is 19.1. The Morgan fingerprint density at radius 3 is 2.87 bits per heavy atom. The van der Waals surface area contributed by atoms with Crippen LogP contribution in [0.15, 0.2) is 30.5 Å². The lowest BCUT2D eigenvalue weighted by Gasteiger charge is -2.28. The molecule has 2 aromatic rings. The van der Waals surface area contributed by atoms with Gasteiger partial charge in [-0.15, -0.1) is 0 Å². The number of halogens is 1. The van der Waals surface area contributed by atoms with E-state index in [0.717, 1.165) is 17.7 Å². The molecule has 1 heterocycles. The van der Waals surface area contributed by atoms with Gasteiger partial charge in [-0.3, -0.25) is 9.48 Å². The van der Waals surface area contributed by atoms with Crippen molar-refractivity contribution in [3.63, 3.8) is 0 Å². The predicted molar refractivity (Wildman–Crippen MR) is 84.6 cm³/mol. The summed E-state index contributed by atoms with van der Waals surface area (Å²) in [6.07, 6.45) is 3.88. The van der Waals surface area contributed by atoms with Gasteiger partial charge >= 0.3 is 5.97 Å². The number of methoxy groups -OCH3 is 1. The molecule has 0 aliphatic heterocycles. The van der Waals surface area contributed by atoms with Crippen LogP contribution in [0.25, 0.3) is 0 Å². The standard InChI is InChI=1S/C18H21FN2O2/c1-12-14(5-4-6-15(12)19)18(17(22)23-3)9-7-13(11-18)16-8-10-20-21(16)2/h4-6,8,10,13H,7,9,11H2,1-3H3/t13?,18-/m0/s1. The zero-order valence-electron chi connectivity index (χ0n) is 13.7. The molecule has 4 nitrogen and oxygen atoms in total. The molecule has 0 N–H and O–H groups in total. The Morgan fingerprint density at radius 2 is 2.22 bits per heavy atom. The molecule has 5 heteroatoms. The Kier molecular flexibility index (Phi) is 3.96. The van der Waals surface area contributed by atoms with E-state index in [4.69, 9.17) is 4.74 Å². The van der Waals surface area contributed by atoms with Crippen molar-refractivity contribution in [2.45, 2.75) is 37.5 Å². The summed E-state index contributed by atoms with van der Waals surface area (Å²) in [5, 5.41) is 4.22. The Bertz CT molecular complexity index is 740. The number of carbonyl (C=O) groups excluding carboxylic acids is 1. The first-order valence-corrected chi connectivity index (χ1v) is 7.81. The van der Waals surface area contributed by atoms with Gasteiger partial charge in [-0.1, -0.05) is 12.1 Å². The van der Waals surface area contributed by atoms with Crippen LogP contribution in [0.1, 0.15) is 42.0 Å². The van der Waals surface area contributed by atoms with Crippen molar-refractivity contribution in [1.29, 1.82) is 0 Å². The van der Waals surface area contributed by atoms with E-state index in [1.807, 2.05) is 23.9 Å². The topological polar surface area (TPSA) is 44.1 Å². The highest BCUT2D eigenvalue weighted by Crippen LogP contribution is 2.50. The molecule has 122 valence electrons. The van der Waals surface area contributed by atoms with Crippen molar-refractivity contribution in [1.82, 2.24) is 9.78 Å². The third kappa shape index (κ3) is 2.44. The second-order valence-electron chi connectivity index (χ2n) is 6.31. The largest absolute Gasteiger partial charge is 0.468 e. The summed E-state index contributed by atoms with van der Waals surface area (Å²) in [4.78, 5) is 12.6. The second-order valence-corrected chi connectivity index (χ2v) is 6.31. The minimum atomic E-state index is -0.782. The fourth-order valence-corrected chi connectivity index (χ4v) is 3.94. The molecule has 2 atom stereocenters. The minimum Gasteiger partial charge on any atom is -0.468 e. The van der Waals surface area contributed by atoms with Crippen LogP contribution in [0.2, 0.25) is 0 Å².